The summed E-state index contributed by atoms with van der Waals surface area (Å²) in [5.74, 6) is 0. The summed E-state index contributed by atoms with van der Waals surface area (Å²) in [5, 5.41) is 0. The van der Waals surface area contributed by atoms with Crippen molar-refractivity contribution in [1.82, 2.24) is 0 Å². The molecule has 0 aliphatic heterocycles. The Morgan fingerprint density at radius 1 is 0.366 bits per heavy atom. The standard InChI is InChI=1S/C34H71O4P.2K/c1-2-3-4-5-6-7-8-9-10-11-12-13-14-15-16-17-18-19-20-21-22-23-24-25-26-27-28-29-30-31-32-33-34-38-39(35,36)37;;/h2-34H2,1H3,(H2,35,36,37);;/q;2*+1/p-2. The molecule has 0 spiro atoms. The fourth-order valence-corrected chi connectivity index (χ4v) is 6.01. The first-order chi connectivity index (χ1) is 19.1. The van der Waals surface area contributed by atoms with E-state index in [1.54, 1.807) is 0 Å². The SMILES string of the molecule is CCCCCCCCCCCCCCCCCCCCCCCCCCCCCCCCCCOP(=O)([O-])[O-].[K+].[K+]. The fraction of sp³-hybridized carbons (Fsp3) is 1.00. The van der Waals surface area contributed by atoms with Gasteiger partial charge in [0.25, 0.3) is 0 Å². The van der Waals surface area contributed by atoms with Gasteiger partial charge in [-0.2, -0.15) is 0 Å². The van der Waals surface area contributed by atoms with E-state index in [0.717, 1.165) is 12.8 Å². The van der Waals surface area contributed by atoms with Gasteiger partial charge < -0.3 is 18.9 Å². The van der Waals surface area contributed by atoms with Gasteiger partial charge in [-0.05, 0) is 6.42 Å². The average molecular weight is 651 g/mol. The van der Waals surface area contributed by atoms with E-state index in [9.17, 15) is 14.4 Å². The molecule has 0 aliphatic carbocycles. The predicted octanol–water partition coefficient (Wildman–Crippen LogP) is 5.34. The van der Waals surface area contributed by atoms with Gasteiger partial charge >= 0.3 is 103 Å². The molecule has 0 atom stereocenters. The maximum atomic E-state index is 10.4. The summed E-state index contributed by atoms with van der Waals surface area (Å²) in [6.07, 6.45) is 43.9. The van der Waals surface area contributed by atoms with E-state index in [1.807, 2.05) is 0 Å². The number of hydrogen-bond acceptors (Lipinski definition) is 4. The normalized spacial score (nSPS) is 11.4. The third-order valence-corrected chi connectivity index (χ3v) is 8.75. The van der Waals surface area contributed by atoms with Crippen LogP contribution >= 0.6 is 7.82 Å². The number of rotatable bonds is 34. The van der Waals surface area contributed by atoms with Crippen molar-refractivity contribution >= 4 is 7.82 Å². The Morgan fingerprint density at radius 2 is 0.537 bits per heavy atom. The van der Waals surface area contributed by atoms with Gasteiger partial charge in [0, 0.05) is 0 Å². The van der Waals surface area contributed by atoms with Gasteiger partial charge in [-0.15, -0.1) is 0 Å². The van der Waals surface area contributed by atoms with Crippen LogP contribution in [0.25, 0.3) is 0 Å². The molecular weight excluding hydrogens is 582 g/mol. The van der Waals surface area contributed by atoms with Crippen molar-refractivity contribution in [3.05, 3.63) is 0 Å². The quantitative estimate of drug-likeness (QED) is 0.0536. The molecule has 7 heteroatoms. The van der Waals surface area contributed by atoms with Gasteiger partial charge in [-0.25, -0.2) is 0 Å². The first-order valence-electron chi connectivity index (χ1n) is 17.7. The number of hydrogen-bond donors (Lipinski definition) is 0. The largest absolute Gasteiger partial charge is 1.00 e. The van der Waals surface area contributed by atoms with Crippen LogP contribution in [-0.4, -0.2) is 6.61 Å². The maximum absolute atomic E-state index is 10.4. The molecule has 0 saturated carbocycles. The Morgan fingerprint density at radius 3 is 0.707 bits per heavy atom. The van der Waals surface area contributed by atoms with E-state index in [2.05, 4.69) is 11.4 Å². The van der Waals surface area contributed by atoms with Gasteiger partial charge in [0.05, 0.1) is 14.4 Å². The molecule has 236 valence electrons. The molecule has 0 aromatic rings. The Hall–Kier alpha value is 3.38. The van der Waals surface area contributed by atoms with Gasteiger partial charge in [0.1, 0.15) is 0 Å². The summed E-state index contributed by atoms with van der Waals surface area (Å²) in [6, 6.07) is 0. The molecule has 0 aromatic heterocycles. The Labute approximate surface area is 343 Å². The van der Waals surface area contributed by atoms with E-state index < -0.39 is 7.82 Å². The summed E-state index contributed by atoms with van der Waals surface area (Å²) in [5.41, 5.74) is 0. The summed E-state index contributed by atoms with van der Waals surface area (Å²) in [4.78, 5) is 20.7. The van der Waals surface area contributed by atoms with Crippen LogP contribution in [0.15, 0.2) is 0 Å². The number of phosphoric acid groups is 1. The summed E-state index contributed by atoms with van der Waals surface area (Å²) in [7, 11) is -4.77. The first kappa shape index (κ1) is 48.8. The van der Waals surface area contributed by atoms with Crippen LogP contribution in [0.5, 0.6) is 0 Å². The molecule has 0 fully saturated rings. The molecule has 0 rings (SSSR count). The van der Waals surface area contributed by atoms with Crippen molar-refractivity contribution in [2.75, 3.05) is 6.61 Å². The fourth-order valence-electron chi connectivity index (χ4n) is 5.65. The molecule has 41 heavy (non-hydrogen) atoms. The van der Waals surface area contributed by atoms with Crippen LogP contribution in [0, 0.1) is 0 Å². The molecule has 4 nitrogen and oxygen atoms in total. The molecule has 0 heterocycles. The van der Waals surface area contributed by atoms with Gasteiger partial charge in [0.15, 0.2) is 0 Å². The minimum absolute atomic E-state index is 0. The van der Waals surface area contributed by atoms with E-state index in [0.29, 0.717) is 6.42 Å². The Bertz CT molecular complexity index is 505. The van der Waals surface area contributed by atoms with Gasteiger partial charge in [-0.3, -0.25) is 0 Å². The van der Waals surface area contributed by atoms with Gasteiger partial charge in [0.2, 0.25) is 0 Å². The molecule has 0 bridgehead atoms. The second kappa shape index (κ2) is 41.4. The molecule has 0 radical (unpaired) electrons. The zero-order valence-electron chi connectivity index (χ0n) is 28.4. The van der Waals surface area contributed by atoms with Crippen molar-refractivity contribution in [2.24, 2.45) is 0 Å². The van der Waals surface area contributed by atoms with Crippen LogP contribution in [0.1, 0.15) is 212 Å². The summed E-state index contributed by atoms with van der Waals surface area (Å²) >= 11 is 0. The zero-order valence-corrected chi connectivity index (χ0v) is 35.6. The van der Waals surface area contributed by atoms with E-state index >= 15 is 0 Å². The predicted molar refractivity (Wildman–Crippen MR) is 167 cm³/mol. The maximum Gasteiger partial charge on any atom is 1.00 e. The second-order valence-electron chi connectivity index (χ2n) is 12.2. The van der Waals surface area contributed by atoms with Crippen LogP contribution in [-0.2, 0) is 9.09 Å². The van der Waals surface area contributed by atoms with Gasteiger partial charge in [-0.1, -0.05) is 206 Å². The van der Waals surface area contributed by atoms with Crippen molar-refractivity contribution in [1.29, 1.82) is 0 Å². The molecule has 0 unspecified atom stereocenters. The Kier molecular flexibility index (Phi) is 49.3. The second-order valence-corrected chi connectivity index (χ2v) is 13.4. The molecule has 0 aliphatic rings. The molecular formula is C34H69K2O4P. The Balaban J connectivity index is -0.00000722. The van der Waals surface area contributed by atoms with Crippen LogP contribution < -0.4 is 113 Å². The van der Waals surface area contributed by atoms with E-state index in [1.165, 1.54) is 186 Å². The summed E-state index contributed by atoms with van der Waals surface area (Å²) < 4.78 is 14.6. The minimum atomic E-state index is -4.77. The number of phosphoric ester groups is 1. The average Bonchev–Trinajstić information content (AvgIpc) is 2.90. The van der Waals surface area contributed by atoms with E-state index in [-0.39, 0.29) is 109 Å². The minimum Gasteiger partial charge on any atom is -0.790 e. The topological polar surface area (TPSA) is 72.4 Å². The molecule has 0 N–H and O–H groups in total. The van der Waals surface area contributed by atoms with Crippen molar-refractivity contribution in [3.63, 3.8) is 0 Å². The van der Waals surface area contributed by atoms with Crippen molar-refractivity contribution in [2.45, 2.75) is 212 Å². The van der Waals surface area contributed by atoms with Crippen LogP contribution in [0.3, 0.4) is 0 Å². The molecule has 0 aromatic carbocycles. The smallest absolute Gasteiger partial charge is 0.790 e. The zero-order chi connectivity index (χ0) is 28.5. The molecule has 0 saturated heterocycles. The van der Waals surface area contributed by atoms with Crippen molar-refractivity contribution in [3.8, 4) is 0 Å². The number of unbranched alkanes of at least 4 members (excludes halogenated alkanes) is 31. The molecule has 0 amide bonds. The van der Waals surface area contributed by atoms with Crippen molar-refractivity contribution < 1.29 is 122 Å². The third kappa shape index (κ3) is 47.9. The third-order valence-electron chi connectivity index (χ3n) is 8.25. The monoisotopic (exact) mass is 650 g/mol. The van der Waals surface area contributed by atoms with Crippen LogP contribution in [0.2, 0.25) is 0 Å². The van der Waals surface area contributed by atoms with E-state index in [4.69, 9.17) is 0 Å². The first-order valence-corrected chi connectivity index (χ1v) is 19.2. The van der Waals surface area contributed by atoms with Crippen LogP contribution in [0.4, 0.5) is 0 Å². The summed E-state index contributed by atoms with van der Waals surface area (Å²) in [6.45, 7) is 2.34.